The van der Waals surface area contributed by atoms with Gasteiger partial charge in [0.05, 0.1) is 0 Å². The zero-order chi connectivity index (χ0) is 16.6. The van der Waals surface area contributed by atoms with Gasteiger partial charge in [-0.1, -0.05) is 114 Å². The number of allylic oxidation sites excluding steroid dienone is 1. The summed E-state index contributed by atoms with van der Waals surface area (Å²) in [6.07, 6.45) is 22.4. The highest BCUT2D eigenvalue weighted by Gasteiger charge is 1.99. The van der Waals surface area contributed by atoms with Crippen molar-refractivity contribution in [3.63, 3.8) is 0 Å². The van der Waals surface area contributed by atoms with Crippen molar-refractivity contribution in [1.82, 2.24) is 0 Å². The minimum absolute atomic E-state index is 1.19. The third-order valence-electron chi connectivity index (χ3n) is 4.61. The SMILES string of the molecule is CCCC=Cc1ccccc1CCCCCCCCCCCC. The van der Waals surface area contributed by atoms with Gasteiger partial charge in [0.1, 0.15) is 0 Å². The molecule has 0 aliphatic heterocycles. The van der Waals surface area contributed by atoms with Crippen molar-refractivity contribution in [3.8, 4) is 0 Å². The summed E-state index contributed by atoms with van der Waals surface area (Å²) in [5, 5.41) is 0. The molecule has 0 aromatic heterocycles. The fourth-order valence-electron chi connectivity index (χ4n) is 3.10. The van der Waals surface area contributed by atoms with Crippen LogP contribution in [0.5, 0.6) is 0 Å². The van der Waals surface area contributed by atoms with E-state index in [2.05, 4.69) is 50.3 Å². The van der Waals surface area contributed by atoms with Crippen LogP contribution in [0.25, 0.3) is 6.08 Å². The summed E-state index contributed by atoms with van der Waals surface area (Å²) in [5.74, 6) is 0. The molecule has 0 saturated carbocycles. The molecule has 0 nitrogen and oxygen atoms in total. The van der Waals surface area contributed by atoms with E-state index in [1.807, 2.05) is 0 Å². The van der Waals surface area contributed by atoms with E-state index in [0.717, 1.165) is 0 Å². The topological polar surface area (TPSA) is 0 Å². The van der Waals surface area contributed by atoms with Crippen molar-refractivity contribution < 1.29 is 0 Å². The van der Waals surface area contributed by atoms with Gasteiger partial charge < -0.3 is 0 Å². The van der Waals surface area contributed by atoms with Crippen LogP contribution in [0.4, 0.5) is 0 Å². The highest BCUT2D eigenvalue weighted by atomic mass is 14.0. The molecule has 0 aliphatic carbocycles. The molecule has 0 heterocycles. The maximum absolute atomic E-state index is 2.32. The number of hydrogen-bond acceptors (Lipinski definition) is 0. The molecule has 0 bridgehead atoms. The first-order valence-corrected chi connectivity index (χ1v) is 10.1. The van der Waals surface area contributed by atoms with Crippen LogP contribution < -0.4 is 0 Å². The van der Waals surface area contributed by atoms with Gasteiger partial charge >= 0.3 is 0 Å². The van der Waals surface area contributed by atoms with E-state index in [9.17, 15) is 0 Å². The van der Waals surface area contributed by atoms with Gasteiger partial charge in [-0.2, -0.15) is 0 Å². The molecular formula is C23H38. The van der Waals surface area contributed by atoms with Gasteiger partial charge in [-0.3, -0.25) is 0 Å². The summed E-state index contributed by atoms with van der Waals surface area (Å²) in [4.78, 5) is 0. The summed E-state index contributed by atoms with van der Waals surface area (Å²) in [7, 11) is 0. The van der Waals surface area contributed by atoms with Gasteiger partial charge in [0.25, 0.3) is 0 Å². The Hall–Kier alpha value is -1.04. The molecule has 1 aromatic rings. The van der Waals surface area contributed by atoms with Gasteiger partial charge in [-0.15, -0.1) is 0 Å². The standard InChI is InChI=1S/C23H38/c1-3-5-7-8-9-10-11-12-13-15-19-23-21-17-16-20-22(23)18-14-6-4-2/h14,16-18,20-21H,3-13,15,19H2,1-2H3. The van der Waals surface area contributed by atoms with Crippen LogP contribution in [0.1, 0.15) is 102 Å². The van der Waals surface area contributed by atoms with Crippen molar-refractivity contribution in [3.05, 3.63) is 41.5 Å². The van der Waals surface area contributed by atoms with Gasteiger partial charge in [0.15, 0.2) is 0 Å². The largest absolute Gasteiger partial charge is 0.0839 e. The summed E-state index contributed by atoms with van der Waals surface area (Å²) >= 11 is 0. The lowest BCUT2D eigenvalue weighted by atomic mass is 9.99. The van der Waals surface area contributed by atoms with E-state index in [1.165, 1.54) is 94.6 Å². The van der Waals surface area contributed by atoms with E-state index in [-0.39, 0.29) is 0 Å². The molecule has 0 fully saturated rings. The van der Waals surface area contributed by atoms with Crippen LogP contribution >= 0.6 is 0 Å². The Morgan fingerprint density at radius 1 is 0.696 bits per heavy atom. The Morgan fingerprint density at radius 3 is 1.96 bits per heavy atom. The van der Waals surface area contributed by atoms with Crippen molar-refractivity contribution in [1.29, 1.82) is 0 Å². The third-order valence-corrected chi connectivity index (χ3v) is 4.61. The minimum atomic E-state index is 1.19. The van der Waals surface area contributed by atoms with Crippen molar-refractivity contribution >= 4 is 6.08 Å². The zero-order valence-corrected chi connectivity index (χ0v) is 15.7. The van der Waals surface area contributed by atoms with Gasteiger partial charge in [-0.25, -0.2) is 0 Å². The monoisotopic (exact) mass is 314 g/mol. The number of unbranched alkanes of at least 4 members (excludes halogenated alkanes) is 10. The maximum atomic E-state index is 2.32. The molecule has 0 unspecified atom stereocenters. The van der Waals surface area contributed by atoms with Crippen molar-refractivity contribution in [2.24, 2.45) is 0 Å². The van der Waals surface area contributed by atoms with Crippen LogP contribution in [-0.2, 0) is 6.42 Å². The second-order valence-electron chi connectivity index (χ2n) is 6.82. The number of aryl methyl sites for hydroxylation is 1. The molecule has 0 aliphatic rings. The van der Waals surface area contributed by atoms with Crippen LogP contribution in [0.3, 0.4) is 0 Å². The molecule has 0 amide bonds. The molecule has 0 radical (unpaired) electrons. The highest BCUT2D eigenvalue weighted by molar-refractivity contribution is 5.53. The Morgan fingerprint density at radius 2 is 1.30 bits per heavy atom. The van der Waals surface area contributed by atoms with Crippen molar-refractivity contribution in [2.75, 3.05) is 0 Å². The summed E-state index contributed by atoms with van der Waals surface area (Å²) in [6, 6.07) is 8.91. The fourth-order valence-corrected chi connectivity index (χ4v) is 3.10. The maximum Gasteiger partial charge on any atom is -0.0228 e. The van der Waals surface area contributed by atoms with Crippen LogP contribution in [0.2, 0.25) is 0 Å². The fraction of sp³-hybridized carbons (Fsp3) is 0.652. The quantitative estimate of drug-likeness (QED) is 0.305. The van der Waals surface area contributed by atoms with E-state index in [4.69, 9.17) is 0 Å². The normalized spacial score (nSPS) is 11.4. The van der Waals surface area contributed by atoms with E-state index < -0.39 is 0 Å². The predicted molar refractivity (Wildman–Crippen MR) is 106 cm³/mol. The Bertz CT molecular complexity index is 402. The van der Waals surface area contributed by atoms with Crippen LogP contribution in [0, 0.1) is 0 Å². The smallest absolute Gasteiger partial charge is 0.0228 e. The molecule has 1 aromatic carbocycles. The van der Waals surface area contributed by atoms with E-state index in [0.29, 0.717) is 0 Å². The molecule has 0 N–H and O–H groups in total. The first kappa shape index (κ1) is 20.0. The summed E-state index contributed by atoms with van der Waals surface area (Å²) < 4.78 is 0. The summed E-state index contributed by atoms with van der Waals surface area (Å²) in [5.41, 5.74) is 2.95. The molecule has 23 heavy (non-hydrogen) atoms. The van der Waals surface area contributed by atoms with Gasteiger partial charge in [-0.05, 0) is 30.4 Å². The summed E-state index contributed by atoms with van der Waals surface area (Å²) in [6.45, 7) is 4.53. The first-order valence-electron chi connectivity index (χ1n) is 10.1. The van der Waals surface area contributed by atoms with Crippen LogP contribution in [0.15, 0.2) is 30.3 Å². The van der Waals surface area contributed by atoms with E-state index in [1.54, 1.807) is 0 Å². The first-order chi connectivity index (χ1) is 11.4. The lowest BCUT2D eigenvalue weighted by molar-refractivity contribution is 0.556. The second-order valence-corrected chi connectivity index (χ2v) is 6.82. The predicted octanol–water partition coefficient (Wildman–Crippen LogP) is 7.96. The average Bonchev–Trinajstić information content (AvgIpc) is 2.58. The van der Waals surface area contributed by atoms with Gasteiger partial charge in [0, 0.05) is 0 Å². The average molecular weight is 315 g/mol. The van der Waals surface area contributed by atoms with E-state index >= 15 is 0 Å². The number of hydrogen-bond donors (Lipinski definition) is 0. The molecule has 0 atom stereocenters. The highest BCUT2D eigenvalue weighted by Crippen LogP contribution is 2.16. The number of benzene rings is 1. The molecule has 0 heteroatoms. The zero-order valence-electron chi connectivity index (χ0n) is 15.7. The number of rotatable bonds is 14. The van der Waals surface area contributed by atoms with Gasteiger partial charge in [0.2, 0.25) is 0 Å². The second kappa shape index (κ2) is 14.5. The lowest BCUT2D eigenvalue weighted by Crippen LogP contribution is -1.90. The lowest BCUT2D eigenvalue weighted by Gasteiger charge is -2.06. The molecule has 130 valence electrons. The Balaban J connectivity index is 2.11. The molecule has 0 saturated heterocycles. The Kier molecular flexibility index (Phi) is 12.7. The minimum Gasteiger partial charge on any atom is -0.0839 e. The Labute approximate surface area is 145 Å². The molecular weight excluding hydrogens is 276 g/mol. The van der Waals surface area contributed by atoms with Crippen molar-refractivity contribution in [2.45, 2.75) is 97.3 Å². The molecule has 0 spiro atoms. The third kappa shape index (κ3) is 10.4. The van der Waals surface area contributed by atoms with Crippen LogP contribution in [-0.4, -0.2) is 0 Å². The molecule has 1 rings (SSSR count).